The molecule has 0 fully saturated rings. The van der Waals surface area contributed by atoms with Crippen molar-refractivity contribution in [3.8, 4) is 0 Å². The number of benzene rings is 4. The van der Waals surface area contributed by atoms with Gasteiger partial charge < -0.3 is 9.84 Å². The van der Waals surface area contributed by atoms with Gasteiger partial charge >= 0.3 is 0 Å². The van der Waals surface area contributed by atoms with Gasteiger partial charge in [-0.05, 0) is 47.2 Å². The molecule has 1 aromatic heterocycles. The predicted octanol–water partition coefficient (Wildman–Crippen LogP) is 4.80. The summed E-state index contributed by atoms with van der Waals surface area (Å²) in [6.45, 7) is 0. The van der Waals surface area contributed by atoms with Gasteiger partial charge in [0.25, 0.3) is 5.95 Å². The summed E-state index contributed by atoms with van der Waals surface area (Å²) < 4.78 is 5.25. The Balaban J connectivity index is 1.77. The molecule has 1 heterocycles. The number of rotatable bonds is 9. The third-order valence-electron chi connectivity index (χ3n) is 6.30. The Hall–Kier alpha value is -4.28. The van der Waals surface area contributed by atoms with Crippen LogP contribution < -0.4 is 15.9 Å². The van der Waals surface area contributed by atoms with Crippen molar-refractivity contribution in [3.63, 3.8) is 0 Å². The summed E-state index contributed by atoms with van der Waals surface area (Å²) in [6.07, 6.45) is 2.26. The number of hydrogen-bond acceptors (Lipinski definition) is 5. The standard InChI is InChI=1S/C30H27N4O2P/c1-36-30(35)23-29(34-32-28(31-33-34)22-24-14-6-2-7-15-24)37(25-16-8-3-9-17-25,26-18-10-4-11-19-26)27-20-12-5-13-21-27/h2-21,23,29H,22H2,1H3/p+1/b30-23-. The van der Waals surface area contributed by atoms with Crippen LogP contribution in [0.5, 0.6) is 0 Å². The molecule has 0 aliphatic heterocycles. The van der Waals surface area contributed by atoms with Crippen LogP contribution >= 0.6 is 7.26 Å². The zero-order valence-electron chi connectivity index (χ0n) is 20.5. The van der Waals surface area contributed by atoms with Gasteiger partial charge in [0.05, 0.1) is 13.2 Å². The summed E-state index contributed by atoms with van der Waals surface area (Å²) in [4.78, 5) is 1.63. The molecule has 0 spiro atoms. The van der Waals surface area contributed by atoms with E-state index in [0.717, 1.165) is 21.5 Å². The van der Waals surface area contributed by atoms with Gasteiger partial charge in [-0.2, -0.15) is 0 Å². The molecule has 0 saturated carbocycles. The van der Waals surface area contributed by atoms with Crippen molar-refractivity contribution in [2.24, 2.45) is 0 Å². The summed E-state index contributed by atoms with van der Waals surface area (Å²) in [7, 11) is -1.09. The van der Waals surface area contributed by atoms with Crippen LogP contribution in [0.4, 0.5) is 0 Å². The lowest BCUT2D eigenvalue weighted by Gasteiger charge is -2.32. The highest BCUT2D eigenvalue weighted by Gasteiger charge is 2.54. The number of aliphatic hydroxyl groups is 1. The van der Waals surface area contributed by atoms with Gasteiger partial charge in [-0.1, -0.05) is 84.9 Å². The normalized spacial score (nSPS) is 12.7. The molecule has 0 saturated heterocycles. The molecule has 0 radical (unpaired) electrons. The van der Waals surface area contributed by atoms with Crippen molar-refractivity contribution < 1.29 is 9.84 Å². The van der Waals surface area contributed by atoms with Gasteiger partial charge in [0.15, 0.2) is 5.82 Å². The molecule has 0 aliphatic rings. The Morgan fingerprint density at radius 2 is 1.24 bits per heavy atom. The van der Waals surface area contributed by atoms with Crippen molar-refractivity contribution in [2.75, 3.05) is 7.11 Å². The average molecular weight is 508 g/mol. The van der Waals surface area contributed by atoms with Gasteiger partial charge in [0.1, 0.15) is 23.2 Å². The predicted molar refractivity (Wildman–Crippen MR) is 149 cm³/mol. The van der Waals surface area contributed by atoms with Crippen LogP contribution in [0.2, 0.25) is 0 Å². The first kappa shape index (κ1) is 24.4. The van der Waals surface area contributed by atoms with E-state index in [-0.39, 0.29) is 5.95 Å². The Kier molecular flexibility index (Phi) is 7.38. The largest absolute Gasteiger partial charge is 0.481 e. The van der Waals surface area contributed by atoms with Gasteiger partial charge in [-0.15, -0.1) is 15.0 Å². The number of tetrazole rings is 1. The molecule has 4 aromatic carbocycles. The molecule has 184 valence electrons. The van der Waals surface area contributed by atoms with E-state index in [9.17, 15) is 5.11 Å². The third kappa shape index (κ3) is 5.02. The minimum absolute atomic E-state index is 0.195. The molecule has 37 heavy (non-hydrogen) atoms. The highest BCUT2D eigenvalue weighted by Crippen LogP contribution is 2.65. The molecule has 7 heteroatoms. The van der Waals surface area contributed by atoms with Crippen LogP contribution in [-0.4, -0.2) is 32.4 Å². The van der Waals surface area contributed by atoms with Crippen molar-refractivity contribution in [1.82, 2.24) is 20.2 Å². The SMILES string of the molecule is CO/C(O)=C\C(n1nnc(Cc2ccccc2)n1)[P+](c1ccccc1)(c1ccccc1)c1ccccc1. The lowest BCUT2D eigenvalue weighted by molar-refractivity contribution is 0.133. The average Bonchev–Trinajstić information content (AvgIpc) is 3.43. The number of methoxy groups -OCH3 is 1. The number of ether oxygens (including phenoxy) is 1. The maximum atomic E-state index is 10.7. The van der Waals surface area contributed by atoms with Gasteiger partial charge in [-0.3, -0.25) is 0 Å². The first-order valence-electron chi connectivity index (χ1n) is 12.0. The van der Waals surface area contributed by atoms with E-state index < -0.39 is 13.0 Å². The van der Waals surface area contributed by atoms with E-state index in [1.54, 1.807) is 10.9 Å². The van der Waals surface area contributed by atoms with E-state index in [0.29, 0.717) is 12.2 Å². The molecule has 1 N–H and O–H groups in total. The van der Waals surface area contributed by atoms with Crippen LogP contribution in [0.3, 0.4) is 0 Å². The van der Waals surface area contributed by atoms with Crippen molar-refractivity contribution in [1.29, 1.82) is 0 Å². The zero-order chi connectivity index (χ0) is 25.5. The molecule has 6 nitrogen and oxygen atoms in total. The first-order chi connectivity index (χ1) is 18.2. The zero-order valence-corrected chi connectivity index (χ0v) is 21.4. The van der Waals surface area contributed by atoms with E-state index in [4.69, 9.17) is 9.84 Å². The van der Waals surface area contributed by atoms with Crippen molar-refractivity contribution >= 4 is 23.2 Å². The van der Waals surface area contributed by atoms with Crippen molar-refractivity contribution in [2.45, 2.75) is 12.2 Å². The second kappa shape index (κ2) is 11.2. The molecular formula is C30H28N4O2P+. The van der Waals surface area contributed by atoms with E-state index in [1.807, 2.05) is 84.9 Å². The minimum Gasteiger partial charge on any atom is -0.481 e. The lowest BCUT2D eigenvalue weighted by atomic mass is 10.1. The summed E-state index contributed by atoms with van der Waals surface area (Å²) in [6, 6.07) is 41.2. The van der Waals surface area contributed by atoms with E-state index >= 15 is 0 Å². The smallest absolute Gasteiger partial charge is 0.278 e. The second-order valence-electron chi connectivity index (χ2n) is 8.54. The Bertz CT molecular complexity index is 1350. The number of aliphatic hydroxyl groups excluding tert-OH is 1. The fraction of sp³-hybridized carbons (Fsp3) is 0.100. The Morgan fingerprint density at radius 3 is 1.70 bits per heavy atom. The monoisotopic (exact) mass is 507 g/mol. The lowest BCUT2D eigenvalue weighted by Crippen LogP contribution is -2.37. The number of hydrogen-bond donors (Lipinski definition) is 1. The molecule has 0 amide bonds. The Labute approximate surface area is 217 Å². The number of nitrogens with zero attached hydrogens (tertiary/aromatic N) is 4. The molecule has 5 aromatic rings. The van der Waals surface area contributed by atoms with Crippen LogP contribution in [0, 0.1) is 0 Å². The maximum Gasteiger partial charge on any atom is 0.278 e. The number of allylic oxidation sites excluding steroid dienone is 1. The molecule has 0 aliphatic carbocycles. The van der Waals surface area contributed by atoms with Crippen LogP contribution in [0.1, 0.15) is 17.2 Å². The first-order valence-corrected chi connectivity index (χ1v) is 13.9. The van der Waals surface area contributed by atoms with Gasteiger partial charge in [-0.25, -0.2) is 0 Å². The maximum absolute atomic E-state index is 10.7. The minimum atomic E-state index is -2.54. The van der Waals surface area contributed by atoms with Gasteiger partial charge in [0, 0.05) is 6.42 Å². The quantitative estimate of drug-likeness (QED) is 0.229. The molecule has 1 unspecified atom stereocenters. The summed E-state index contributed by atoms with van der Waals surface area (Å²) in [5.41, 5.74) is 1.10. The highest BCUT2D eigenvalue weighted by atomic mass is 31.2. The van der Waals surface area contributed by atoms with Gasteiger partial charge in [0.2, 0.25) is 5.78 Å². The third-order valence-corrected chi connectivity index (χ3v) is 10.8. The van der Waals surface area contributed by atoms with E-state index in [2.05, 4.69) is 46.7 Å². The molecule has 1 atom stereocenters. The van der Waals surface area contributed by atoms with Crippen LogP contribution in [-0.2, 0) is 11.2 Å². The molecule has 5 rings (SSSR count). The van der Waals surface area contributed by atoms with Crippen LogP contribution in [0.15, 0.2) is 133 Å². The number of aromatic nitrogens is 4. The van der Waals surface area contributed by atoms with Crippen molar-refractivity contribution in [3.05, 3.63) is 145 Å². The van der Waals surface area contributed by atoms with Crippen LogP contribution in [0.25, 0.3) is 0 Å². The Morgan fingerprint density at radius 1 is 0.784 bits per heavy atom. The summed E-state index contributed by atoms with van der Waals surface area (Å²) in [5, 5.41) is 27.9. The molecule has 0 bridgehead atoms. The topological polar surface area (TPSA) is 73.1 Å². The fourth-order valence-electron chi connectivity index (χ4n) is 4.64. The van der Waals surface area contributed by atoms with E-state index in [1.165, 1.54) is 7.11 Å². The summed E-state index contributed by atoms with van der Waals surface area (Å²) in [5.74, 6) is -0.0930. The fourth-order valence-corrected chi connectivity index (χ4v) is 9.14. The highest BCUT2D eigenvalue weighted by molar-refractivity contribution is 7.95. The molecular weight excluding hydrogens is 479 g/mol. The summed E-state index contributed by atoms with van der Waals surface area (Å²) >= 11 is 0. The second-order valence-corrected chi connectivity index (χ2v) is 12.1.